The number of hydrogen-bond acceptors (Lipinski definition) is 6. The van der Waals surface area contributed by atoms with Crippen molar-refractivity contribution in [2.24, 2.45) is 0 Å². The minimum Gasteiger partial charge on any atom is -0.506 e. The van der Waals surface area contributed by atoms with Gasteiger partial charge in [0, 0.05) is 6.54 Å². The molecule has 0 bridgehead atoms. The Kier molecular flexibility index (Phi) is 6.78. The van der Waals surface area contributed by atoms with E-state index in [0.717, 1.165) is 11.1 Å². The normalized spacial score (nSPS) is 16.9. The maximum Gasteiger partial charge on any atom is 0.295 e. The maximum absolute atomic E-state index is 13.4. The van der Waals surface area contributed by atoms with Crippen molar-refractivity contribution in [3.05, 3.63) is 94.6 Å². The number of aryl methyl sites for hydroxylation is 1. The molecule has 7 heteroatoms. The van der Waals surface area contributed by atoms with Gasteiger partial charge in [-0.1, -0.05) is 48.0 Å². The number of aliphatic hydroxyl groups excluding tert-OH is 1. The number of hydrogen-bond donors (Lipinski definition) is 1. The number of likely N-dealkylation sites (tertiary alicyclic amines) is 1. The lowest BCUT2D eigenvalue weighted by molar-refractivity contribution is -0.140. The van der Waals surface area contributed by atoms with Crippen LogP contribution in [0.25, 0.3) is 5.76 Å². The third-order valence-corrected chi connectivity index (χ3v) is 6.07. The highest BCUT2D eigenvalue weighted by atomic mass is 16.5. The van der Waals surface area contributed by atoms with Gasteiger partial charge in [-0.05, 0) is 42.3 Å². The fourth-order valence-corrected chi connectivity index (χ4v) is 4.38. The fourth-order valence-electron chi connectivity index (χ4n) is 4.38. The first-order valence-corrected chi connectivity index (χ1v) is 11.1. The third kappa shape index (κ3) is 4.45. The zero-order chi connectivity index (χ0) is 25.1. The highest BCUT2D eigenvalue weighted by Crippen LogP contribution is 2.44. The van der Waals surface area contributed by atoms with Crippen molar-refractivity contribution >= 4 is 17.4 Å². The molecule has 3 aromatic carbocycles. The van der Waals surface area contributed by atoms with Crippen LogP contribution < -0.4 is 14.2 Å². The standard InChI is InChI=1S/C28H27NO6/c1-17-7-5-8-19(15-17)25-24(26(30)23-21(34-3)9-6-10-22(23)35-4)27(31)28(32)29(25)16-18-11-13-20(33-2)14-12-18/h5-15,25,30H,16H2,1-4H3/b26-24+. The van der Waals surface area contributed by atoms with E-state index in [-0.39, 0.29) is 23.4 Å². The molecule has 3 aromatic rings. The van der Waals surface area contributed by atoms with Gasteiger partial charge in [-0.25, -0.2) is 0 Å². The average molecular weight is 474 g/mol. The van der Waals surface area contributed by atoms with Gasteiger partial charge in [0.15, 0.2) is 0 Å². The first kappa shape index (κ1) is 23.9. The Labute approximate surface area is 204 Å². The van der Waals surface area contributed by atoms with E-state index in [1.165, 1.54) is 19.1 Å². The van der Waals surface area contributed by atoms with Crippen LogP contribution in [0, 0.1) is 6.92 Å². The molecule has 1 unspecified atom stereocenters. The number of Topliss-reactive ketones (excluding diaryl/α,β-unsaturated/α-hetero) is 1. The molecule has 180 valence electrons. The van der Waals surface area contributed by atoms with Crippen LogP contribution in [0.4, 0.5) is 0 Å². The van der Waals surface area contributed by atoms with Gasteiger partial charge in [-0.15, -0.1) is 0 Å². The van der Waals surface area contributed by atoms with E-state index >= 15 is 0 Å². The summed E-state index contributed by atoms with van der Waals surface area (Å²) in [6.45, 7) is 2.11. The first-order chi connectivity index (χ1) is 16.9. The summed E-state index contributed by atoms with van der Waals surface area (Å²) in [6.07, 6.45) is 0. The topological polar surface area (TPSA) is 85.3 Å². The highest BCUT2D eigenvalue weighted by molar-refractivity contribution is 6.46. The molecule has 1 aliphatic heterocycles. The number of ether oxygens (including phenoxy) is 3. The van der Waals surface area contributed by atoms with E-state index in [1.54, 1.807) is 37.4 Å². The van der Waals surface area contributed by atoms with Gasteiger partial charge in [-0.3, -0.25) is 9.59 Å². The van der Waals surface area contributed by atoms with Crippen molar-refractivity contribution in [1.82, 2.24) is 4.90 Å². The summed E-state index contributed by atoms with van der Waals surface area (Å²) in [6, 6.07) is 19.1. The fraction of sp³-hybridized carbons (Fsp3) is 0.214. The molecular formula is C28H27NO6. The monoisotopic (exact) mass is 473 g/mol. The molecule has 4 rings (SSSR count). The largest absolute Gasteiger partial charge is 0.506 e. The molecule has 7 nitrogen and oxygen atoms in total. The maximum atomic E-state index is 13.4. The van der Waals surface area contributed by atoms with Crippen molar-refractivity contribution in [3.8, 4) is 17.2 Å². The lowest BCUT2D eigenvalue weighted by Crippen LogP contribution is -2.29. The Balaban J connectivity index is 1.91. The number of ketones is 1. The third-order valence-electron chi connectivity index (χ3n) is 6.07. The number of carbonyl (C=O) groups is 2. The summed E-state index contributed by atoms with van der Waals surface area (Å²) in [5.41, 5.74) is 2.70. The molecular weight excluding hydrogens is 446 g/mol. The Bertz CT molecular complexity index is 1270. The van der Waals surface area contributed by atoms with Crippen LogP contribution in [-0.2, 0) is 16.1 Å². The second kappa shape index (κ2) is 9.93. The number of aliphatic hydroxyl groups is 1. The molecule has 0 radical (unpaired) electrons. The predicted molar refractivity (Wildman–Crippen MR) is 132 cm³/mol. The molecule has 1 N–H and O–H groups in total. The number of nitrogens with zero attached hydrogens (tertiary/aromatic N) is 1. The van der Waals surface area contributed by atoms with E-state index in [9.17, 15) is 14.7 Å². The summed E-state index contributed by atoms with van der Waals surface area (Å²) < 4.78 is 16.1. The summed E-state index contributed by atoms with van der Waals surface area (Å²) in [7, 11) is 4.51. The number of carbonyl (C=O) groups excluding carboxylic acids is 2. The predicted octanol–water partition coefficient (Wildman–Crippen LogP) is 4.64. The van der Waals surface area contributed by atoms with Crippen LogP contribution in [-0.4, -0.2) is 43.0 Å². The van der Waals surface area contributed by atoms with Gasteiger partial charge >= 0.3 is 0 Å². The summed E-state index contributed by atoms with van der Waals surface area (Å²) in [4.78, 5) is 28.2. The molecule has 0 saturated carbocycles. The minimum atomic E-state index is -0.799. The van der Waals surface area contributed by atoms with Gasteiger partial charge in [0.05, 0.1) is 32.9 Å². The minimum absolute atomic E-state index is 0.0167. The van der Waals surface area contributed by atoms with Crippen LogP contribution in [0.2, 0.25) is 0 Å². The van der Waals surface area contributed by atoms with Crippen molar-refractivity contribution in [2.75, 3.05) is 21.3 Å². The second-order valence-corrected chi connectivity index (χ2v) is 8.23. The summed E-state index contributed by atoms with van der Waals surface area (Å²) in [5.74, 6) is -0.466. The summed E-state index contributed by atoms with van der Waals surface area (Å²) in [5, 5.41) is 11.5. The van der Waals surface area contributed by atoms with Crippen molar-refractivity contribution in [1.29, 1.82) is 0 Å². The van der Waals surface area contributed by atoms with E-state index in [4.69, 9.17) is 14.2 Å². The van der Waals surface area contributed by atoms with Crippen molar-refractivity contribution in [2.45, 2.75) is 19.5 Å². The van der Waals surface area contributed by atoms with Crippen molar-refractivity contribution in [3.63, 3.8) is 0 Å². The number of amides is 1. The van der Waals surface area contributed by atoms with Crippen LogP contribution in [0.1, 0.15) is 28.3 Å². The smallest absolute Gasteiger partial charge is 0.295 e. The second-order valence-electron chi connectivity index (χ2n) is 8.23. The zero-order valence-electron chi connectivity index (χ0n) is 20.1. The summed E-state index contributed by atoms with van der Waals surface area (Å²) >= 11 is 0. The molecule has 35 heavy (non-hydrogen) atoms. The van der Waals surface area contributed by atoms with Crippen LogP contribution >= 0.6 is 0 Å². The lowest BCUT2D eigenvalue weighted by Gasteiger charge is -2.26. The van der Waals surface area contributed by atoms with E-state index in [1.807, 2.05) is 43.3 Å². The zero-order valence-corrected chi connectivity index (χ0v) is 20.1. The number of rotatable bonds is 7. The first-order valence-electron chi connectivity index (χ1n) is 11.1. The van der Waals surface area contributed by atoms with Gasteiger partial charge in [0.25, 0.3) is 11.7 Å². The van der Waals surface area contributed by atoms with Crippen LogP contribution in [0.15, 0.2) is 72.3 Å². The molecule has 0 spiro atoms. The molecule has 1 fully saturated rings. The lowest BCUT2D eigenvalue weighted by atomic mass is 9.93. The molecule has 1 heterocycles. The van der Waals surface area contributed by atoms with E-state index in [0.29, 0.717) is 22.8 Å². The SMILES string of the molecule is COc1ccc(CN2C(=O)C(=O)/C(=C(/O)c3c(OC)cccc3OC)C2c2cccc(C)c2)cc1. The van der Waals surface area contributed by atoms with E-state index < -0.39 is 17.7 Å². The van der Waals surface area contributed by atoms with Gasteiger partial charge in [0.2, 0.25) is 0 Å². The molecule has 1 amide bonds. The highest BCUT2D eigenvalue weighted by Gasteiger charge is 2.46. The number of benzene rings is 3. The Hall–Kier alpha value is -4.26. The quantitative estimate of drug-likeness (QED) is 0.306. The Morgan fingerprint density at radius 2 is 1.51 bits per heavy atom. The molecule has 1 aliphatic rings. The average Bonchev–Trinajstić information content (AvgIpc) is 3.13. The molecule has 1 saturated heterocycles. The van der Waals surface area contributed by atoms with Crippen LogP contribution in [0.5, 0.6) is 17.2 Å². The van der Waals surface area contributed by atoms with Crippen molar-refractivity contribution < 1.29 is 28.9 Å². The van der Waals surface area contributed by atoms with Gasteiger partial charge in [-0.2, -0.15) is 0 Å². The molecule has 0 aromatic heterocycles. The number of methoxy groups -OCH3 is 3. The molecule has 1 atom stereocenters. The van der Waals surface area contributed by atoms with Crippen LogP contribution in [0.3, 0.4) is 0 Å². The van der Waals surface area contributed by atoms with E-state index in [2.05, 4.69) is 0 Å². The Morgan fingerprint density at radius 3 is 2.09 bits per heavy atom. The Morgan fingerprint density at radius 1 is 0.886 bits per heavy atom. The molecule has 0 aliphatic carbocycles. The van der Waals surface area contributed by atoms with Gasteiger partial charge in [0.1, 0.15) is 28.6 Å². The van der Waals surface area contributed by atoms with Gasteiger partial charge < -0.3 is 24.2 Å².